The highest BCUT2D eigenvalue weighted by atomic mass is 16.3. The minimum atomic E-state index is -0.530. The standard InChI is InChI=1S/C17H25N5O2/c1-4-12(2)16(23)11-18-17(24)20-13(3)14-5-7-15(8-6-14)22-10-9-19-21-22/h5-10,12-13,16,23H,4,11H2,1-3H3,(H2,18,20,24). The molecule has 0 aliphatic heterocycles. The maximum atomic E-state index is 11.9. The summed E-state index contributed by atoms with van der Waals surface area (Å²) >= 11 is 0. The number of aromatic nitrogens is 3. The fraction of sp³-hybridized carbons (Fsp3) is 0.471. The Labute approximate surface area is 142 Å². The molecule has 1 aromatic heterocycles. The zero-order valence-electron chi connectivity index (χ0n) is 14.3. The van der Waals surface area contributed by atoms with Gasteiger partial charge in [0.1, 0.15) is 0 Å². The number of hydrogen-bond donors (Lipinski definition) is 3. The lowest BCUT2D eigenvalue weighted by atomic mass is 10.0. The van der Waals surface area contributed by atoms with E-state index in [1.165, 1.54) is 0 Å². The molecule has 0 saturated heterocycles. The normalized spacial score (nSPS) is 14.7. The molecule has 0 fully saturated rings. The zero-order valence-corrected chi connectivity index (χ0v) is 14.3. The molecule has 3 N–H and O–H groups in total. The summed E-state index contributed by atoms with van der Waals surface area (Å²) in [6, 6.07) is 7.30. The van der Waals surface area contributed by atoms with Gasteiger partial charge in [-0.1, -0.05) is 37.6 Å². The van der Waals surface area contributed by atoms with Crippen molar-refractivity contribution in [2.45, 2.75) is 39.3 Å². The van der Waals surface area contributed by atoms with Crippen LogP contribution in [0.2, 0.25) is 0 Å². The Morgan fingerprint density at radius 2 is 2.00 bits per heavy atom. The Bertz CT molecular complexity index is 627. The van der Waals surface area contributed by atoms with Crippen LogP contribution in [-0.2, 0) is 0 Å². The highest BCUT2D eigenvalue weighted by Gasteiger charge is 2.14. The van der Waals surface area contributed by atoms with E-state index in [0.29, 0.717) is 0 Å². The van der Waals surface area contributed by atoms with Gasteiger partial charge in [0.15, 0.2) is 0 Å². The maximum Gasteiger partial charge on any atom is 0.315 e. The second-order valence-electron chi connectivity index (χ2n) is 5.97. The first-order valence-corrected chi connectivity index (χ1v) is 8.20. The van der Waals surface area contributed by atoms with Gasteiger partial charge in [0.2, 0.25) is 0 Å². The van der Waals surface area contributed by atoms with Crippen LogP contribution >= 0.6 is 0 Å². The van der Waals surface area contributed by atoms with Gasteiger partial charge in [-0.05, 0) is 30.5 Å². The smallest absolute Gasteiger partial charge is 0.315 e. The van der Waals surface area contributed by atoms with E-state index in [9.17, 15) is 9.90 Å². The summed E-state index contributed by atoms with van der Waals surface area (Å²) in [6.07, 6.45) is 3.74. The molecule has 0 spiro atoms. The number of benzene rings is 1. The molecule has 7 heteroatoms. The number of rotatable bonds is 7. The zero-order chi connectivity index (χ0) is 17.5. The van der Waals surface area contributed by atoms with Crippen molar-refractivity contribution in [1.82, 2.24) is 25.6 Å². The number of urea groups is 1. The molecule has 0 aliphatic rings. The molecule has 2 amide bonds. The second-order valence-corrected chi connectivity index (χ2v) is 5.97. The molecule has 0 saturated carbocycles. The number of carbonyl (C=O) groups is 1. The number of amides is 2. The summed E-state index contributed by atoms with van der Waals surface area (Å²) in [4.78, 5) is 11.9. The van der Waals surface area contributed by atoms with Gasteiger partial charge in [-0.2, -0.15) is 0 Å². The van der Waals surface area contributed by atoms with Crippen LogP contribution in [0.4, 0.5) is 4.79 Å². The first-order valence-electron chi connectivity index (χ1n) is 8.20. The maximum absolute atomic E-state index is 11.9. The Morgan fingerprint density at radius 1 is 1.29 bits per heavy atom. The van der Waals surface area contributed by atoms with E-state index in [1.807, 2.05) is 45.0 Å². The van der Waals surface area contributed by atoms with Gasteiger partial charge >= 0.3 is 6.03 Å². The van der Waals surface area contributed by atoms with Crippen molar-refractivity contribution in [3.8, 4) is 5.69 Å². The average molecular weight is 331 g/mol. The molecular formula is C17H25N5O2. The summed E-state index contributed by atoms with van der Waals surface area (Å²) in [5, 5.41) is 23.2. The van der Waals surface area contributed by atoms with Crippen LogP contribution < -0.4 is 10.6 Å². The number of aliphatic hydroxyl groups excluding tert-OH is 1. The predicted octanol–water partition coefficient (Wildman–Crippen LogP) is 2.03. The molecule has 3 unspecified atom stereocenters. The van der Waals surface area contributed by atoms with Crippen LogP contribution in [0.5, 0.6) is 0 Å². The summed E-state index contributed by atoms with van der Waals surface area (Å²) in [5.74, 6) is 0.159. The summed E-state index contributed by atoms with van der Waals surface area (Å²) in [6.45, 7) is 6.14. The highest BCUT2D eigenvalue weighted by molar-refractivity contribution is 5.74. The number of aliphatic hydroxyl groups is 1. The van der Waals surface area contributed by atoms with Crippen molar-refractivity contribution < 1.29 is 9.90 Å². The van der Waals surface area contributed by atoms with E-state index < -0.39 is 6.10 Å². The van der Waals surface area contributed by atoms with Gasteiger partial charge in [-0.3, -0.25) is 0 Å². The van der Waals surface area contributed by atoms with Gasteiger partial charge in [0.05, 0.1) is 30.2 Å². The number of carbonyl (C=O) groups excluding carboxylic acids is 1. The van der Waals surface area contributed by atoms with Gasteiger partial charge < -0.3 is 15.7 Å². The molecule has 2 rings (SSSR count). The summed E-state index contributed by atoms with van der Waals surface area (Å²) < 4.78 is 1.67. The Morgan fingerprint density at radius 3 is 2.58 bits per heavy atom. The van der Waals surface area contributed by atoms with E-state index in [-0.39, 0.29) is 24.5 Å². The van der Waals surface area contributed by atoms with E-state index in [2.05, 4.69) is 20.9 Å². The van der Waals surface area contributed by atoms with Crippen LogP contribution in [0.1, 0.15) is 38.8 Å². The highest BCUT2D eigenvalue weighted by Crippen LogP contribution is 2.15. The minimum Gasteiger partial charge on any atom is -0.391 e. The van der Waals surface area contributed by atoms with Crippen molar-refractivity contribution in [1.29, 1.82) is 0 Å². The third-order valence-corrected chi connectivity index (χ3v) is 4.20. The Hall–Kier alpha value is -2.41. The third-order valence-electron chi connectivity index (χ3n) is 4.20. The topological polar surface area (TPSA) is 92.1 Å². The van der Waals surface area contributed by atoms with E-state index >= 15 is 0 Å². The Balaban J connectivity index is 1.85. The fourth-order valence-corrected chi connectivity index (χ4v) is 2.26. The largest absolute Gasteiger partial charge is 0.391 e. The van der Waals surface area contributed by atoms with Crippen molar-refractivity contribution in [2.75, 3.05) is 6.54 Å². The molecule has 1 heterocycles. The lowest BCUT2D eigenvalue weighted by Gasteiger charge is -2.19. The van der Waals surface area contributed by atoms with Crippen molar-refractivity contribution in [3.05, 3.63) is 42.2 Å². The van der Waals surface area contributed by atoms with Gasteiger partial charge in [0.25, 0.3) is 0 Å². The summed E-state index contributed by atoms with van der Waals surface area (Å²) in [7, 11) is 0. The van der Waals surface area contributed by atoms with Crippen molar-refractivity contribution in [3.63, 3.8) is 0 Å². The molecule has 1 aromatic carbocycles. The van der Waals surface area contributed by atoms with Crippen LogP contribution in [0, 0.1) is 5.92 Å². The second kappa shape index (κ2) is 8.44. The van der Waals surface area contributed by atoms with Crippen LogP contribution in [0.3, 0.4) is 0 Å². The quantitative estimate of drug-likeness (QED) is 0.724. The lowest BCUT2D eigenvalue weighted by Crippen LogP contribution is -2.42. The van der Waals surface area contributed by atoms with Crippen LogP contribution in [0.15, 0.2) is 36.7 Å². The molecule has 3 atom stereocenters. The molecule has 7 nitrogen and oxygen atoms in total. The molecule has 0 radical (unpaired) electrons. The molecule has 130 valence electrons. The monoisotopic (exact) mass is 331 g/mol. The van der Waals surface area contributed by atoms with Crippen LogP contribution in [0.25, 0.3) is 5.69 Å². The van der Waals surface area contributed by atoms with Crippen molar-refractivity contribution >= 4 is 6.03 Å². The Kier molecular flexibility index (Phi) is 6.31. The lowest BCUT2D eigenvalue weighted by molar-refractivity contribution is 0.114. The molecule has 2 aromatic rings. The summed E-state index contributed by atoms with van der Waals surface area (Å²) in [5.41, 5.74) is 1.89. The van der Waals surface area contributed by atoms with E-state index in [1.54, 1.807) is 17.1 Å². The van der Waals surface area contributed by atoms with E-state index in [0.717, 1.165) is 17.7 Å². The fourth-order valence-electron chi connectivity index (χ4n) is 2.26. The first-order chi connectivity index (χ1) is 11.5. The molecule has 0 aliphatic carbocycles. The first kappa shape index (κ1) is 17.9. The van der Waals surface area contributed by atoms with Gasteiger partial charge in [-0.15, -0.1) is 5.10 Å². The number of nitrogens with one attached hydrogen (secondary N) is 2. The number of nitrogens with zero attached hydrogens (tertiary/aromatic N) is 3. The third kappa shape index (κ3) is 4.79. The average Bonchev–Trinajstić information content (AvgIpc) is 3.13. The molecular weight excluding hydrogens is 306 g/mol. The van der Waals surface area contributed by atoms with Crippen molar-refractivity contribution in [2.24, 2.45) is 5.92 Å². The van der Waals surface area contributed by atoms with Crippen LogP contribution in [-0.4, -0.2) is 38.8 Å². The number of hydrogen-bond acceptors (Lipinski definition) is 4. The SMILES string of the molecule is CCC(C)C(O)CNC(=O)NC(C)c1ccc(-n2ccnn2)cc1. The molecule has 0 bridgehead atoms. The van der Waals surface area contributed by atoms with Gasteiger partial charge in [0, 0.05) is 6.54 Å². The van der Waals surface area contributed by atoms with E-state index in [4.69, 9.17) is 0 Å². The van der Waals surface area contributed by atoms with Gasteiger partial charge in [-0.25, -0.2) is 9.48 Å². The molecule has 24 heavy (non-hydrogen) atoms. The predicted molar refractivity (Wildman–Crippen MR) is 91.8 cm³/mol. The minimum absolute atomic E-state index is 0.143.